The zero-order valence-electron chi connectivity index (χ0n) is 12.2. The van der Waals surface area contributed by atoms with E-state index in [0.29, 0.717) is 5.96 Å². The van der Waals surface area contributed by atoms with Gasteiger partial charge in [-0.1, -0.05) is 42.7 Å². The Morgan fingerprint density at radius 3 is 2.42 bits per heavy atom. The van der Waals surface area contributed by atoms with Gasteiger partial charge in [-0.2, -0.15) is 0 Å². The first-order valence-electron chi connectivity index (χ1n) is 6.72. The van der Waals surface area contributed by atoms with Crippen LogP contribution in [0.2, 0.25) is 0 Å². The van der Waals surface area contributed by atoms with Gasteiger partial charge in [-0.3, -0.25) is 4.99 Å². The molecule has 0 radical (unpaired) electrons. The van der Waals surface area contributed by atoms with Crippen LogP contribution in [0.5, 0.6) is 0 Å². The standard InChI is InChI=1S/C15H25N3.HI/c1-4-5-7-17-15(16)18-8-6-14-10-12(2)9-13(3)11-14;/h9-11H,4-8H2,1-3H3,(H3,16,17,18);1H. The Morgan fingerprint density at radius 1 is 1.21 bits per heavy atom. The van der Waals surface area contributed by atoms with Crippen LogP contribution in [0, 0.1) is 13.8 Å². The molecule has 0 spiro atoms. The van der Waals surface area contributed by atoms with E-state index in [1.54, 1.807) is 0 Å². The number of benzene rings is 1. The topological polar surface area (TPSA) is 50.4 Å². The molecule has 0 atom stereocenters. The summed E-state index contributed by atoms with van der Waals surface area (Å²) in [6.45, 7) is 8.07. The van der Waals surface area contributed by atoms with E-state index in [0.717, 1.165) is 32.4 Å². The number of hydrogen-bond donors (Lipinski definition) is 2. The zero-order valence-corrected chi connectivity index (χ0v) is 14.5. The molecule has 0 heterocycles. The lowest BCUT2D eigenvalue weighted by Crippen LogP contribution is -2.33. The van der Waals surface area contributed by atoms with Crippen LogP contribution in [0.1, 0.15) is 36.5 Å². The average Bonchev–Trinajstić information content (AvgIpc) is 2.28. The van der Waals surface area contributed by atoms with Gasteiger partial charge in [-0.25, -0.2) is 0 Å². The molecular weight excluding hydrogens is 349 g/mol. The molecule has 0 aliphatic heterocycles. The highest BCUT2D eigenvalue weighted by atomic mass is 127. The van der Waals surface area contributed by atoms with Gasteiger partial charge in [0.1, 0.15) is 0 Å². The lowest BCUT2D eigenvalue weighted by atomic mass is 10.1. The van der Waals surface area contributed by atoms with Crippen molar-refractivity contribution in [1.29, 1.82) is 0 Å². The average molecular weight is 375 g/mol. The minimum absolute atomic E-state index is 0. The summed E-state index contributed by atoms with van der Waals surface area (Å²) in [6, 6.07) is 6.63. The van der Waals surface area contributed by atoms with Gasteiger partial charge in [-0.15, -0.1) is 24.0 Å². The molecule has 108 valence electrons. The van der Waals surface area contributed by atoms with Crippen LogP contribution < -0.4 is 11.1 Å². The summed E-state index contributed by atoms with van der Waals surface area (Å²) in [5.74, 6) is 0.563. The maximum Gasteiger partial charge on any atom is 0.188 e. The van der Waals surface area contributed by atoms with E-state index in [4.69, 9.17) is 5.73 Å². The Labute approximate surface area is 134 Å². The molecule has 1 aromatic carbocycles. The molecule has 0 fully saturated rings. The van der Waals surface area contributed by atoms with Gasteiger partial charge in [0.15, 0.2) is 5.96 Å². The Kier molecular flexibility index (Phi) is 9.65. The number of unbranched alkanes of at least 4 members (excludes halogenated alkanes) is 1. The molecule has 1 rings (SSSR count). The molecule has 19 heavy (non-hydrogen) atoms. The number of halogens is 1. The van der Waals surface area contributed by atoms with Crippen molar-refractivity contribution in [1.82, 2.24) is 5.32 Å². The highest BCUT2D eigenvalue weighted by Crippen LogP contribution is 2.08. The van der Waals surface area contributed by atoms with Crippen LogP contribution in [0.3, 0.4) is 0 Å². The molecule has 3 N–H and O–H groups in total. The van der Waals surface area contributed by atoms with Gasteiger partial charge in [0.2, 0.25) is 0 Å². The Morgan fingerprint density at radius 2 is 1.84 bits per heavy atom. The molecule has 0 amide bonds. The van der Waals surface area contributed by atoms with Crippen LogP contribution in [0.15, 0.2) is 23.2 Å². The van der Waals surface area contributed by atoms with E-state index in [9.17, 15) is 0 Å². The minimum atomic E-state index is 0. The Balaban J connectivity index is 0.00000324. The minimum Gasteiger partial charge on any atom is -0.370 e. The third kappa shape index (κ3) is 8.08. The van der Waals surface area contributed by atoms with Crippen LogP contribution in [-0.2, 0) is 6.42 Å². The van der Waals surface area contributed by atoms with E-state index in [1.165, 1.54) is 16.7 Å². The lowest BCUT2D eigenvalue weighted by Gasteiger charge is -2.07. The Hall–Kier alpha value is -0.780. The van der Waals surface area contributed by atoms with Gasteiger partial charge in [0.05, 0.1) is 0 Å². The molecule has 0 aliphatic carbocycles. The van der Waals surface area contributed by atoms with E-state index in [-0.39, 0.29) is 24.0 Å². The number of nitrogens with zero attached hydrogens (tertiary/aromatic N) is 1. The normalized spacial score (nSPS) is 11.0. The summed E-state index contributed by atoms with van der Waals surface area (Å²) < 4.78 is 0. The van der Waals surface area contributed by atoms with Crippen LogP contribution >= 0.6 is 24.0 Å². The number of nitrogens with two attached hydrogens (primary N) is 1. The quantitative estimate of drug-likeness (QED) is 0.347. The highest BCUT2D eigenvalue weighted by Gasteiger charge is 1.97. The fourth-order valence-corrected chi connectivity index (χ4v) is 1.96. The summed E-state index contributed by atoms with van der Waals surface area (Å²) in [7, 11) is 0. The predicted octanol–water partition coefficient (Wildman–Crippen LogP) is 3.17. The van der Waals surface area contributed by atoms with Crippen LogP contribution in [0.4, 0.5) is 0 Å². The fourth-order valence-electron chi connectivity index (χ4n) is 1.96. The van der Waals surface area contributed by atoms with E-state index >= 15 is 0 Å². The molecule has 1 aromatic rings. The molecule has 4 heteroatoms. The highest BCUT2D eigenvalue weighted by molar-refractivity contribution is 14.0. The number of nitrogens with one attached hydrogen (secondary N) is 1. The lowest BCUT2D eigenvalue weighted by molar-refractivity contribution is 0.790. The molecule has 0 saturated heterocycles. The third-order valence-corrected chi connectivity index (χ3v) is 2.80. The summed E-state index contributed by atoms with van der Waals surface area (Å²) in [5.41, 5.74) is 9.75. The fraction of sp³-hybridized carbons (Fsp3) is 0.533. The first-order valence-corrected chi connectivity index (χ1v) is 6.72. The maximum atomic E-state index is 5.78. The Bertz CT molecular complexity index is 382. The van der Waals surface area contributed by atoms with Crippen LogP contribution in [-0.4, -0.2) is 19.0 Å². The third-order valence-electron chi connectivity index (χ3n) is 2.80. The number of aryl methyl sites for hydroxylation is 2. The van der Waals surface area contributed by atoms with Crippen molar-refractivity contribution in [3.05, 3.63) is 34.9 Å². The smallest absolute Gasteiger partial charge is 0.188 e. The molecule has 0 unspecified atom stereocenters. The van der Waals surface area contributed by atoms with Gasteiger partial charge in [0, 0.05) is 13.1 Å². The monoisotopic (exact) mass is 375 g/mol. The van der Waals surface area contributed by atoms with Gasteiger partial charge in [-0.05, 0) is 32.3 Å². The second kappa shape index (κ2) is 10.1. The summed E-state index contributed by atoms with van der Waals surface area (Å²) in [4.78, 5) is 4.26. The van der Waals surface area contributed by atoms with Crippen molar-refractivity contribution in [3.8, 4) is 0 Å². The van der Waals surface area contributed by atoms with Crippen molar-refractivity contribution >= 4 is 29.9 Å². The molecule has 0 aliphatic rings. The number of rotatable bonds is 6. The number of guanidine groups is 1. The van der Waals surface area contributed by atoms with E-state index < -0.39 is 0 Å². The van der Waals surface area contributed by atoms with Crippen LogP contribution in [0.25, 0.3) is 0 Å². The second-order valence-electron chi connectivity index (χ2n) is 4.79. The number of aliphatic imine (C=N–C) groups is 1. The molecule has 3 nitrogen and oxygen atoms in total. The zero-order chi connectivity index (χ0) is 13.4. The van der Waals surface area contributed by atoms with Crippen molar-refractivity contribution < 1.29 is 0 Å². The summed E-state index contributed by atoms with van der Waals surface area (Å²) in [5, 5.41) is 3.16. The van der Waals surface area contributed by atoms with Gasteiger partial charge < -0.3 is 11.1 Å². The largest absolute Gasteiger partial charge is 0.370 e. The molecule has 0 aromatic heterocycles. The first kappa shape index (κ1) is 18.2. The predicted molar refractivity (Wildman–Crippen MR) is 94.4 cm³/mol. The maximum absolute atomic E-state index is 5.78. The number of hydrogen-bond acceptors (Lipinski definition) is 1. The van der Waals surface area contributed by atoms with Crippen molar-refractivity contribution in [2.75, 3.05) is 13.1 Å². The SMILES string of the molecule is CCCCN=C(N)NCCc1cc(C)cc(C)c1.I. The first-order chi connectivity index (χ1) is 8.61. The van der Waals surface area contributed by atoms with E-state index in [1.807, 2.05) is 0 Å². The van der Waals surface area contributed by atoms with Crippen molar-refractivity contribution in [3.63, 3.8) is 0 Å². The van der Waals surface area contributed by atoms with Crippen molar-refractivity contribution in [2.24, 2.45) is 10.7 Å². The summed E-state index contributed by atoms with van der Waals surface area (Å²) in [6.07, 6.45) is 3.23. The van der Waals surface area contributed by atoms with Gasteiger partial charge >= 0.3 is 0 Å². The summed E-state index contributed by atoms with van der Waals surface area (Å²) >= 11 is 0. The molecular formula is C15H26IN3. The molecule has 0 bridgehead atoms. The second-order valence-corrected chi connectivity index (χ2v) is 4.79. The van der Waals surface area contributed by atoms with Crippen molar-refractivity contribution in [2.45, 2.75) is 40.0 Å². The van der Waals surface area contributed by atoms with E-state index in [2.05, 4.69) is 49.3 Å². The van der Waals surface area contributed by atoms with Gasteiger partial charge in [0.25, 0.3) is 0 Å². The molecule has 0 saturated carbocycles.